The van der Waals surface area contributed by atoms with Crippen molar-refractivity contribution in [1.29, 1.82) is 0 Å². The van der Waals surface area contributed by atoms with E-state index < -0.39 is 0 Å². The summed E-state index contributed by atoms with van der Waals surface area (Å²) in [5.41, 5.74) is 1.46. The van der Waals surface area contributed by atoms with Crippen LogP contribution in [-0.4, -0.2) is 10.4 Å². The van der Waals surface area contributed by atoms with Crippen molar-refractivity contribution < 1.29 is 4.79 Å². The topological polar surface area (TPSA) is 22.0 Å². The van der Waals surface area contributed by atoms with Crippen LogP contribution < -0.4 is 0 Å². The van der Waals surface area contributed by atoms with Gasteiger partial charge in [0.05, 0.1) is 5.69 Å². The van der Waals surface area contributed by atoms with Crippen LogP contribution in [0.4, 0.5) is 0 Å². The fourth-order valence-corrected chi connectivity index (χ4v) is 1.78. The Morgan fingerprint density at radius 2 is 1.94 bits per heavy atom. The van der Waals surface area contributed by atoms with Gasteiger partial charge in [0.25, 0.3) is 0 Å². The number of hydrogen-bond donors (Lipinski definition) is 0. The zero-order chi connectivity index (χ0) is 12.1. The first-order valence-corrected chi connectivity index (χ1v) is 5.68. The van der Waals surface area contributed by atoms with Crippen molar-refractivity contribution in [2.24, 2.45) is 0 Å². The summed E-state index contributed by atoms with van der Waals surface area (Å²) in [6, 6.07) is 13.1. The minimum atomic E-state index is 0.0691. The van der Waals surface area contributed by atoms with E-state index in [0.29, 0.717) is 0 Å². The zero-order valence-electron chi connectivity index (χ0n) is 9.67. The van der Waals surface area contributed by atoms with Crippen LogP contribution in [0, 0.1) is 0 Å². The lowest BCUT2D eigenvalue weighted by atomic mass is 10.1. The number of carbonyl (C=O) groups is 1. The van der Waals surface area contributed by atoms with Gasteiger partial charge in [-0.2, -0.15) is 0 Å². The van der Waals surface area contributed by atoms with E-state index in [0.717, 1.165) is 24.2 Å². The molecule has 2 nitrogen and oxygen atoms in total. The van der Waals surface area contributed by atoms with E-state index in [1.807, 2.05) is 59.3 Å². The number of allylic oxidation sites excluding steroid dienone is 1. The maximum atomic E-state index is 12.2. The van der Waals surface area contributed by atoms with Gasteiger partial charge in [0.2, 0.25) is 5.78 Å². The Bertz CT molecular complexity index is 511. The molecule has 0 aliphatic heterocycles. The molecule has 2 heteroatoms. The molecular weight excluding hydrogens is 210 g/mol. The van der Waals surface area contributed by atoms with Gasteiger partial charge in [-0.1, -0.05) is 36.4 Å². The van der Waals surface area contributed by atoms with Gasteiger partial charge in [-0.05, 0) is 18.6 Å². The van der Waals surface area contributed by atoms with E-state index in [-0.39, 0.29) is 5.78 Å². The molecule has 0 bridgehead atoms. The second-order valence-corrected chi connectivity index (χ2v) is 3.86. The molecule has 0 saturated heterocycles. The Morgan fingerprint density at radius 1 is 1.18 bits per heavy atom. The third kappa shape index (κ3) is 2.53. The van der Waals surface area contributed by atoms with E-state index in [2.05, 4.69) is 6.58 Å². The van der Waals surface area contributed by atoms with Crippen molar-refractivity contribution in [3.05, 3.63) is 72.6 Å². The van der Waals surface area contributed by atoms with Crippen LogP contribution in [-0.2, 0) is 6.54 Å². The molecule has 2 aromatic rings. The summed E-state index contributed by atoms with van der Waals surface area (Å²) in [4.78, 5) is 12.2. The molecule has 0 aliphatic rings. The van der Waals surface area contributed by atoms with Crippen LogP contribution in [0.5, 0.6) is 0 Å². The summed E-state index contributed by atoms with van der Waals surface area (Å²) in [6.07, 6.45) is 4.65. The lowest BCUT2D eigenvalue weighted by molar-refractivity contribution is 0.103. The number of ketones is 1. The summed E-state index contributed by atoms with van der Waals surface area (Å²) in [7, 11) is 0. The van der Waals surface area contributed by atoms with Crippen molar-refractivity contribution in [1.82, 2.24) is 4.57 Å². The molecule has 0 radical (unpaired) electrons. The Kier molecular flexibility index (Phi) is 3.55. The van der Waals surface area contributed by atoms with Crippen molar-refractivity contribution in [3.8, 4) is 0 Å². The predicted molar refractivity (Wildman–Crippen MR) is 69.1 cm³/mol. The Labute approximate surface area is 101 Å². The number of nitrogens with zero attached hydrogens (tertiary/aromatic N) is 1. The first-order chi connectivity index (χ1) is 8.33. The number of carbonyl (C=O) groups excluding carboxylic acids is 1. The predicted octanol–water partition coefficient (Wildman–Crippen LogP) is 3.30. The maximum absolute atomic E-state index is 12.2. The average molecular weight is 225 g/mol. The minimum absolute atomic E-state index is 0.0691. The molecule has 2 rings (SSSR count). The molecular formula is C15H15NO. The Hall–Kier alpha value is -2.09. The molecule has 0 unspecified atom stereocenters. The van der Waals surface area contributed by atoms with E-state index in [9.17, 15) is 4.79 Å². The minimum Gasteiger partial charge on any atom is -0.345 e. The zero-order valence-corrected chi connectivity index (χ0v) is 9.67. The van der Waals surface area contributed by atoms with Crippen LogP contribution in [0.25, 0.3) is 0 Å². The highest BCUT2D eigenvalue weighted by Crippen LogP contribution is 2.11. The highest BCUT2D eigenvalue weighted by atomic mass is 16.1. The fourth-order valence-electron chi connectivity index (χ4n) is 1.78. The molecule has 0 atom stereocenters. The van der Waals surface area contributed by atoms with Crippen molar-refractivity contribution in [2.75, 3.05) is 0 Å². The molecule has 1 aromatic heterocycles. The van der Waals surface area contributed by atoms with Gasteiger partial charge in [-0.3, -0.25) is 4.79 Å². The Morgan fingerprint density at radius 3 is 2.65 bits per heavy atom. The molecule has 1 heterocycles. The van der Waals surface area contributed by atoms with Gasteiger partial charge in [0, 0.05) is 18.3 Å². The quantitative estimate of drug-likeness (QED) is 0.565. The maximum Gasteiger partial charge on any atom is 0.209 e. The molecule has 0 saturated carbocycles. The number of rotatable bonds is 5. The van der Waals surface area contributed by atoms with Crippen molar-refractivity contribution in [2.45, 2.75) is 13.0 Å². The van der Waals surface area contributed by atoms with E-state index in [4.69, 9.17) is 0 Å². The van der Waals surface area contributed by atoms with Crippen LogP contribution in [0.1, 0.15) is 22.5 Å². The standard InChI is InChI=1S/C15H15NO/c1-2-3-11-16-12-7-10-14(16)15(17)13-8-5-4-6-9-13/h2,4-10,12H,1,3,11H2. The van der Waals surface area contributed by atoms with E-state index >= 15 is 0 Å². The monoisotopic (exact) mass is 225 g/mol. The molecule has 86 valence electrons. The smallest absolute Gasteiger partial charge is 0.209 e. The van der Waals surface area contributed by atoms with Crippen LogP contribution in [0.2, 0.25) is 0 Å². The molecule has 0 N–H and O–H groups in total. The molecule has 0 aliphatic carbocycles. The normalized spacial score (nSPS) is 10.1. The van der Waals surface area contributed by atoms with Crippen LogP contribution in [0.3, 0.4) is 0 Å². The van der Waals surface area contributed by atoms with Gasteiger partial charge in [-0.15, -0.1) is 6.58 Å². The molecule has 0 fully saturated rings. The highest BCUT2D eigenvalue weighted by molar-refractivity contribution is 6.07. The number of aryl methyl sites for hydroxylation is 1. The van der Waals surface area contributed by atoms with E-state index in [1.54, 1.807) is 0 Å². The van der Waals surface area contributed by atoms with Gasteiger partial charge in [0.15, 0.2) is 0 Å². The van der Waals surface area contributed by atoms with Gasteiger partial charge >= 0.3 is 0 Å². The third-order valence-corrected chi connectivity index (χ3v) is 2.67. The molecule has 0 amide bonds. The molecule has 1 aromatic carbocycles. The van der Waals surface area contributed by atoms with Crippen molar-refractivity contribution in [3.63, 3.8) is 0 Å². The summed E-state index contributed by atoms with van der Waals surface area (Å²) >= 11 is 0. The third-order valence-electron chi connectivity index (χ3n) is 2.67. The second kappa shape index (κ2) is 5.30. The number of benzene rings is 1. The van der Waals surface area contributed by atoms with Crippen LogP contribution in [0.15, 0.2) is 61.3 Å². The fraction of sp³-hybridized carbons (Fsp3) is 0.133. The number of aromatic nitrogens is 1. The summed E-state index contributed by atoms with van der Waals surface area (Å²) in [5.74, 6) is 0.0691. The van der Waals surface area contributed by atoms with Gasteiger partial charge in [0.1, 0.15) is 0 Å². The largest absolute Gasteiger partial charge is 0.345 e. The average Bonchev–Trinajstić information content (AvgIpc) is 2.84. The molecule has 17 heavy (non-hydrogen) atoms. The van der Waals surface area contributed by atoms with Gasteiger partial charge < -0.3 is 4.57 Å². The Balaban J connectivity index is 2.25. The van der Waals surface area contributed by atoms with E-state index in [1.165, 1.54) is 0 Å². The first kappa shape index (κ1) is 11.4. The first-order valence-electron chi connectivity index (χ1n) is 5.68. The lowest BCUT2D eigenvalue weighted by Crippen LogP contribution is -2.09. The lowest BCUT2D eigenvalue weighted by Gasteiger charge is -2.06. The number of hydrogen-bond acceptors (Lipinski definition) is 1. The highest BCUT2D eigenvalue weighted by Gasteiger charge is 2.11. The van der Waals surface area contributed by atoms with Crippen LogP contribution >= 0.6 is 0 Å². The van der Waals surface area contributed by atoms with Crippen molar-refractivity contribution >= 4 is 5.78 Å². The second-order valence-electron chi connectivity index (χ2n) is 3.86. The van der Waals surface area contributed by atoms with Gasteiger partial charge in [-0.25, -0.2) is 0 Å². The summed E-state index contributed by atoms with van der Waals surface area (Å²) in [5, 5.41) is 0. The summed E-state index contributed by atoms with van der Waals surface area (Å²) in [6.45, 7) is 4.49. The summed E-state index contributed by atoms with van der Waals surface area (Å²) < 4.78 is 1.97. The molecule has 0 spiro atoms. The SMILES string of the molecule is C=CCCn1cccc1C(=O)c1ccccc1.